The fourth-order valence-electron chi connectivity index (χ4n) is 2.25. The molecule has 0 spiro atoms. The van der Waals surface area contributed by atoms with E-state index in [1.54, 1.807) is 0 Å². The van der Waals surface area contributed by atoms with Crippen LogP contribution in [0, 0.1) is 16.0 Å². The minimum absolute atomic E-state index is 0.0187. The highest BCUT2D eigenvalue weighted by Gasteiger charge is 2.37. The van der Waals surface area contributed by atoms with E-state index >= 15 is 0 Å². The van der Waals surface area contributed by atoms with Crippen LogP contribution in [0.3, 0.4) is 0 Å². The predicted octanol–water partition coefficient (Wildman–Crippen LogP) is 0.819. The zero-order chi connectivity index (χ0) is 16.4. The number of carbonyl (C=O) groups is 3. The van der Waals surface area contributed by atoms with Crippen LogP contribution < -0.4 is 4.90 Å². The molecule has 0 saturated carbocycles. The summed E-state index contributed by atoms with van der Waals surface area (Å²) in [5.74, 6) is -3.34. The Morgan fingerprint density at radius 3 is 2.64 bits per heavy atom. The molecule has 0 bridgehead atoms. The Bertz CT molecular complexity index is 670. The maximum atomic E-state index is 12.0. The first-order chi connectivity index (χ1) is 10.3. The summed E-state index contributed by atoms with van der Waals surface area (Å²) in [5.41, 5.74) is -0.364. The lowest BCUT2D eigenvalue weighted by molar-refractivity contribution is -0.384. The summed E-state index contributed by atoms with van der Waals surface area (Å²) in [4.78, 5) is 46.0. The molecule has 0 aliphatic carbocycles. The van der Waals surface area contributed by atoms with Crippen molar-refractivity contribution in [3.63, 3.8) is 0 Å². The molecule has 116 valence electrons. The van der Waals surface area contributed by atoms with Gasteiger partial charge in [-0.2, -0.15) is 0 Å². The van der Waals surface area contributed by atoms with E-state index in [0.29, 0.717) is 0 Å². The van der Waals surface area contributed by atoms with Gasteiger partial charge in [0.2, 0.25) is 5.91 Å². The second-order valence-electron chi connectivity index (χ2n) is 4.69. The van der Waals surface area contributed by atoms with Crippen molar-refractivity contribution in [1.29, 1.82) is 0 Å². The van der Waals surface area contributed by atoms with Crippen LogP contribution in [0.1, 0.15) is 16.8 Å². The fraction of sp³-hybridized carbons (Fsp3) is 0.308. The Morgan fingerprint density at radius 2 is 2.14 bits per heavy atom. The van der Waals surface area contributed by atoms with Crippen LogP contribution in [0.4, 0.5) is 11.4 Å². The number of carboxylic acids is 1. The summed E-state index contributed by atoms with van der Waals surface area (Å²) in [5, 5.41) is 19.8. The summed E-state index contributed by atoms with van der Waals surface area (Å²) in [6, 6.07) is 3.36. The number of esters is 1. The van der Waals surface area contributed by atoms with Crippen LogP contribution in [-0.2, 0) is 14.3 Å². The van der Waals surface area contributed by atoms with Crippen LogP contribution in [0.25, 0.3) is 0 Å². The van der Waals surface area contributed by atoms with Gasteiger partial charge in [0.1, 0.15) is 0 Å². The number of ether oxygens (including phenoxy) is 1. The molecule has 1 unspecified atom stereocenters. The number of carbonyl (C=O) groups excluding carboxylic acids is 2. The molecule has 22 heavy (non-hydrogen) atoms. The maximum absolute atomic E-state index is 12.0. The first kappa shape index (κ1) is 15.4. The van der Waals surface area contributed by atoms with E-state index in [1.165, 1.54) is 6.07 Å². The second kappa shape index (κ2) is 5.80. The van der Waals surface area contributed by atoms with E-state index in [4.69, 9.17) is 5.11 Å². The fourth-order valence-corrected chi connectivity index (χ4v) is 2.25. The predicted molar refractivity (Wildman–Crippen MR) is 72.5 cm³/mol. The van der Waals surface area contributed by atoms with Crippen molar-refractivity contribution in [2.75, 3.05) is 18.6 Å². The van der Waals surface area contributed by atoms with Crippen LogP contribution >= 0.6 is 0 Å². The molecule has 1 aromatic rings. The lowest BCUT2D eigenvalue weighted by atomic mass is 10.1. The van der Waals surface area contributed by atoms with Crippen molar-refractivity contribution < 1.29 is 29.2 Å². The summed E-state index contributed by atoms with van der Waals surface area (Å²) in [6.07, 6.45) is -0.224. The van der Waals surface area contributed by atoms with Crippen molar-refractivity contribution >= 4 is 29.2 Å². The molecule has 1 fully saturated rings. The molecule has 1 aliphatic rings. The Hall–Kier alpha value is -2.97. The van der Waals surface area contributed by atoms with E-state index in [9.17, 15) is 24.5 Å². The van der Waals surface area contributed by atoms with Gasteiger partial charge in [0.05, 0.1) is 29.2 Å². The molecule has 9 nitrogen and oxygen atoms in total. The Morgan fingerprint density at radius 1 is 1.45 bits per heavy atom. The number of anilines is 1. The summed E-state index contributed by atoms with van der Waals surface area (Å²) in [7, 11) is 1.14. The molecule has 1 aromatic carbocycles. The topological polar surface area (TPSA) is 127 Å². The van der Waals surface area contributed by atoms with Crippen molar-refractivity contribution in [2.24, 2.45) is 5.92 Å². The minimum atomic E-state index is -1.14. The number of aliphatic carboxylic acids is 1. The number of hydrogen-bond acceptors (Lipinski definition) is 6. The number of nitrogens with zero attached hydrogens (tertiary/aromatic N) is 2. The Kier molecular flexibility index (Phi) is 4.06. The molecule has 2 rings (SSSR count). The molecular formula is C13H12N2O7. The third kappa shape index (κ3) is 2.73. The van der Waals surface area contributed by atoms with Gasteiger partial charge in [0.25, 0.3) is 5.69 Å². The van der Waals surface area contributed by atoms with E-state index in [0.717, 1.165) is 24.1 Å². The molecule has 1 saturated heterocycles. The van der Waals surface area contributed by atoms with Gasteiger partial charge in [0, 0.05) is 25.1 Å². The molecule has 0 aromatic heterocycles. The van der Waals surface area contributed by atoms with E-state index in [-0.39, 0.29) is 29.9 Å². The summed E-state index contributed by atoms with van der Waals surface area (Å²) in [6.45, 7) is -0.153. The minimum Gasteiger partial charge on any atom is -0.481 e. The quantitative estimate of drug-likeness (QED) is 0.495. The zero-order valence-electron chi connectivity index (χ0n) is 11.5. The van der Waals surface area contributed by atoms with Crippen LogP contribution in [0.5, 0.6) is 0 Å². The van der Waals surface area contributed by atoms with Crippen molar-refractivity contribution in [3.05, 3.63) is 33.9 Å². The van der Waals surface area contributed by atoms with Gasteiger partial charge in [-0.3, -0.25) is 19.7 Å². The van der Waals surface area contributed by atoms with Crippen molar-refractivity contribution in [1.82, 2.24) is 0 Å². The number of benzene rings is 1. The Labute approximate surface area is 124 Å². The molecule has 9 heteroatoms. The zero-order valence-corrected chi connectivity index (χ0v) is 11.5. The smallest absolute Gasteiger partial charge is 0.339 e. The highest BCUT2D eigenvalue weighted by Crippen LogP contribution is 2.31. The van der Waals surface area contributed by atoms with Gasteiger partial charge < -0.3 is 14.7 Å². The largest absolute Gasteiger partial charge is 0.481 e. The van der Waals surface area contributed by atoms with Gasteiger partial charge in [-0.1, -0.05) is 0 Å². The van der Waals surface area contributed by atoms with Crippen LogP contribution in [0.15, 0.2) is 18.2 Å². The molecule has 1 amide bonds. The molecule has 1 heterocycles. The first-order valence-electron chi connectivity index (χ1n) is 6.25. The van der Waals surface area contributed by atoms with E-state index < -0.39 is 28.7 Å². The SMILES string of the molecule is COC(=O)c1ccc([N+](=O)[O-])cc1N1CC(C(=O)O)CC1=O. The normalized spacial score (nSPS) is 17.4. The highest BCUT2D eigenvalue weighted by molar-refractivity contribution is 6.05. The van der Waals surface area contributed by atoms with Crippen LogP contribution in [0.2, 0.25) is 0 Å². The average molecular weight is 308 g/mol. The molecule has 1 N–H and O–H groups in total. The third-order valence-corrected chi connectivity index (χ3v) is 3.36. The Balaban J connectivity index is 2.49. The van der Waals surface area contributed by atoms with E-state index in [2.05, 4.69) is 4.74 Å². The lowest BCUT2D eigenvalue weighted by Gasteiger charge is -2.18. The monoisotopic (exact) mass is 308 g/mol. The van der Waals surface area contributed by atoms with Gasteiger partial charge >= 0.3 is 11.9 Å². The lowest BCUT2D eigenvalue weighted by Crippen LogP contribution is -2.27. The van der Waals surface area contributed by atoms with Crippen LogP contribution in [-0.4, -0.2) is 41.5 Å². The highest BCUT2D eigenvalue weighted by atomic mass is 16.6. The van der Waals surface area contributed by atoms with Gasteiger partial charge in [-0.25, -0.2) is 4.79 Å². The second-order valence-corrected chi connectivity index (χ2v) is 4.69. The molecule has 1 aliphatic heterocycles. The number of methoxy groups -OCH3 is 1. The summed E-state index contributed by atoms with van der Waals surface area (Å²) < 4.78 is 4.58. The number of rotatable bonds is 4. The number of amides is 1. The molecular weight excluding hydrogens is 296 g/mol. The third-order valence-electron chi connectivity index (χ3n) is 3.36. The van der Waals surface area contributed by atoms with Gasteiger partial charge in [-0.15, -0.1) is 0 Å². The summed E-state index contributed by atoms with van der Waals surface area (Å²) >= 11 is 0. The number of non-ortho nitro benzene ring substituents is 1. The standard InChI is InChI=1S/C13H12N2O7/c1-22-13(19)9-3-2-8(15(20)21)5-10(9)14-6-7(12(17)18)4-11(14)16/h2-3,5,7H,4,6H2,1H3,(H,17,18). The van der Waals surface area contributed by atoms with Crippen molar-refractivity contribution in [2.45, 2.75) is 6.42 Å². The average Bonchev–Trinajstić information content (AvgIpc) is 2.87. The number of nitro benzene ring substituents is 1. The number of nitro groups is 1. The van der Waals surface area contributed by atoms with E-state index in [1.807, 2.05) is 0 Å². The van der Waals surface area contributed by atoms with Crippen molar-refractivity contribution in [3.8, 4) is 0 Å². The maximum Gasteiger partial charge on any atom is 0.339 e. The van der Waals surface area contributed by atoms with Gasteiger partial charge in [0.15, 0.2) is 0 Å². The van der Waals surface area contributed by atoms with Gasteiger partial charge in [-0.05, 0) is 6.07 Å². The first-order valence-corrected chi connectivity index (χ1v) is 6.25. The molecule has 0 radical (unpaired) electrons. The molecule has 1 atom stereocenters. The number of hydrogen-bond donors (Lipinski definition) is 1. The number of carboxylic acid groups (broad SMARTS) is 1.